The molecule has 7 heteroatoms. The van der Waals surface area contributed by atoms with Crippen molar-refractivity contribution in [1.82, 2.24) is 14.9 Å². The molecule has 1 aliphatic rings. The van der Waals surface area contributed by atoms with Crippen LogP contribution in [-0.4, -0.2) is 37.7 Å². The average Bonchev–Trinajstić information content (AvgIpc) is 3.17. The number of thioether (sulfide) groups is 1. The van der Waals surface area contributed by atoms with Gasteiger partial charge in [-0.1, -0.05) is 6.07 Å². The highest BCUT2D eigenvalue weighted by Gasteiger charge is 2.39. The predicted molar refractivity (Wildman–Crippen MR) is 82.3 cm³/mol. The van der Waals surface area contributed by atoms with Gasteiger partial charge in [0.1, 0.15) is 5.82 Å². The molecular weight excluding hydrogens is 305 g/mol. The van der Waals surface area contributed by atoms with Crippen molar-refractivity contribution in [3.8, 4) is 5.69 Å². The second-order valence-electron chi connectivity index (χ2n) is 5.27. The fraction of sp³-hybridized carbons (Fsp3) is 0.333. The van der Waals surface area contributed by atoms with E-state index in [-0.39, 0.29) is 12.4 Å². The van der Waals surface area contributed by atoms with Crippen molar-refractivity contribution in [1.29, 1.82) is 0 Å². The standard InChI is InChI=1S/C15H16FN3O2S/c16-12-7-11(1-2-13(12)19-5-4-17-10-19)8-18-14(20)15(21)3-6-22-9-15/h1-2,4-5,7,10,21H,3,6,8-9H2,(H,18,20). The zero-order valence-electron chi connectivity index (χ0n) is 11.8. The maximum Gasteiger partial charge on any atom is 0.253 e. The lowest BCUT2D eigenvalue weighted by atomic mass is 10.0. The SMILES string of the molecule is O=C(NCc1ccc(-n2ccnc2)c(F)c1)C1(O)CCSC1. The molecule has 0 bridgehead atoms. The third-order valence-corrected chi connectivity index (χ3v) is 4.85. The van der Waals surface area contributed by atoms with Gasteiger partial charge in [-0.2, -0.15) is 11.8 Å². The van der Waals surface area contributed by atoms with Crippen LogP contribution in [-0.2, 0) is 11.3 Å². The number of amides is 1. The van der Waals surface area contributed by atoms with Gasteiger partial charge in [0.05, 0.1) is 12.0 Å². The van der Waals surface area contributed by atoms with Gasteiger partial charge in [-0.25, -0.2) is 9.37 Å². The van der Waals surface area contributed by atoms with Gasteiger partial charge in [0.15, 0.2) is 5.60 Å². The Kier molecular flexibility index (Phi) is 4.17. The molecule has 2 aromatic rings. The maximum atomic E-state index is 14.1. The summed E-state index contributed by atoms with van der Waals surface area (Å²) in [5.41, 5.74) is -0.248. The smallest absolute Gasteiger partial charge is 0.253 e. The van der Waals surface area contributed by atoms with Crippen LogP contribution in [0, 0.1) is 5.82 Å². The Morgan fingerprint density at radius 3 is 3.05 bits per heavy atom. The molecule has 1 amide bonds. The highest BCUT2D eigenvalue weighted by molar-refractivity contribution is 7.99. The molecule has 1 fully saturated rings. The Hall–Kier alpha value is -1.86. The normalized spacial score (nSPS) is 21.0. The van der Waals surface area contributed by atoms with Gasteiger partial charge in [-0.15, -0.1) is 0 Å². The van der Waals surface area contributed by atoms with E-state index in [9.17, 15) is 14.3 Å². The van der Waals surface area contributed by atoms with Crippen LogP contribution in [0.5, 0.6) is 0 Å². The molecule has 1 unspecified atom stereocenters. The van der Waals surface area contributed by atoms with E-state index in [4.69, 9.17) is 0 Å². The van der Waals surface area contributed by atoms with Crippen LogP contribution >= 0.6 is 11.8 Å². The quantitative estimate of drug-likeness (QED) is 0.895. The van der Waals surface area contributed by atoms with E-state index in [2.05, 4.69) is 10.3 Å². The Balaban J connectivity index is 1.66. The van der Waals surface area contributed by atoms with E-state index in [1.54, 1.807) is 40.9 Å². The lowest BCUT2D eigenvalue weighted by Gasteiger charge is -2.20. The van der Waals surface area contributed by atoms with E-state index in [0.29, 0.717) is 23.4 Å². The van der Waals surface area contributed by atoms with E-state index < -0.39 is 11.5 Å². The van der Waals surface area contributed by atoms with Crippen LogP contribution in [0.1, 0.15) is 12.0 Å². The summed E-state index contributed by atoms with van der Waals surface area (Å²) in [6, 6.07) is 4.76. The number of nitrogens with one attached hydrogen (secondary N) is 1. The molecule has 1 aromatic carbocycles. The topological polar surface area (TPSA) is 67.2 Å². The molecular formula is C15H16FN3O2S. The predicted octanol–water partition coefficient (Wildman–Crippen LogP) is 1.50. The fourth-order valence-corrected chi connectivity index (χ4v) is 3.59. The largest absolute Gasteiger partial charge is 0.379 e. The Morgan fingerprint density at radius 2 is 2.41 bits per heavy atom. The lowest BCUT2D eigenvalue weighted by Crippen LogP contribution is -2.46. The number of nitrogens with zero attached hydrogens (tertiary/aromatic N) is 2. The summed E-state index contributed by atoms with van der Waals surface area (Å²) in [5, 5.41) is 12.8. The van der Waals surface area contributed by atoms with E-state index in [0.717, 1.165) is 5.75 Å². The molecule has 5 nitrogen and oxygen atoms in total. The van der Waals surface area contributed by atoms with Crippen LogP contribution in [0.2, 0.25) is 0 Å². The summed E-state index contributed by atoms with van der Waals surface area (Å²) in [6.07, 6.45) is 5.21. The highest BCUT2D eigenvalue weighted by atomic mass is 32.2. The molecule has 22 heavy (non-hydrogen) atoms. The summed E-state index contributed by atoms with van der Waals surface area (Å²) in [4.78, 5) is 15.9. The number of hydrogen-bond acceptors (Lipinski definition) is 4. The number of carbonyl (C=O) groups is 1. The molecule has 0 radical (unpaired) electrons. The minimum Gasteiger partial charge on any atom is -0.379 e. The number of aliphatic hydroxyl groups is 1. The molecule has 1 atom stereocenters. The Morgan fingerprint density at radius 1 is 1.55 bits per heavy atom. The van der Waals surface area contributed by atoms with Gasteiger partial charge < -0.3 is 15.0 Å². The van der Waals surface area contributed by atoms with Gasteiger partial charge in [-0.05, 0) is 29.9 Å². The van der Waals surface area contributed by atoms with E-state index in [1.807, 2.05) is 0 Å². The van der Waals surface area contributed by atoms with Gasteiger partial charge >= 0.3 is 0 Å². The third-order valence-electron chi connectivity index (χ3n) is 3.67. The molecule has 1 aliphatic heterocycles. The van der Waals surface area contributed by atoms with Crippen LogP contribution in [0.3, 0.4) is 0 Å². The van der Waals surface area contributed by atoms with E-state index >= 15 is 0 Å². The minimum atomic E-state index is -1.29. The van der Waals surface area contributed by atoms with Crippen molar-refractivity contribution in [2.24, 2.45) is 0 Å². The summed E-state index contributed by atoms with van der Waals surface area (Å²) >= 11 is 1.55. The highest BCUT2D eigenvalue weighted by Crippen LogP contribution is 2.28. The number of imidazole rings is 1. The Bertz CT molecular complexity index is 669. The molecule has 1 saturated heterocycles. The Labute approximate surface area is 131 Å². The number of hydrogen-bond donors (Lipinski definition) is 2. The first-order chi connectivity index (χ1) is 10.6. The molecule has 2 N–H and O–H groups in total. The summed E-state index contributed by atoms with van der Waals surface area (Å²) < 4.78 is 15.7. The van der Waals surface area contributed by atoms with Crippen molar-refractivity contribution in [2.75, 3.05) is 11.5 Å². The van der Waals surface area contributed by atoms with Crippen molar-refractivity contribution in [2.45, 2.75) is 18.6 Å². The molecule has 1 aromatic heterocycles. The zero-order chi connectivity index (χ0) is 15.6. The van der Waals surface area contributed by atoms with Gasteiger partial charge in [0.2, 0.25) is 0 Å². The van der Waals surface area contributed by atoms with Gasteiger partial charge in [0, 0.05) is 24.7 Å². The summed E-state index contributed by atoms with van der Waals surface area (Å²) in [5.74, 6) is 0.404. The number of halogens is 1. The molecule has 3 rings (SSSR count). The summed E-state index contributed by atoms with van der Waals surface area (Å²) in [7, 11) is 0. The molecule has 116 valence electrons. The number of rotatable bonds is 4. The summed E-state index contributed by atoms with van der Waals surface area (Å²) in [6.45, 7) is 0.187. The van der Waals surface area contributed by atoms with Crippen molar-refractivity contribution in [3.05, 3.63) is 48.3 Å². The monoisotopic (exact) mass is 321 g/mol. The first kappa shape index (κ1) is 15.1. The lowest BCUT2D eigenvalue weighted by molar-refractivity contribution is -0.137. The fourth-order valence-electron chi connectivity index (χ4n) is 2.35. The van der Waals surface area contributed by atoms with Crippen LogP contribution in [0.15, 0.2) is 36.9 Å². The molecule has 0 spiro atoms. The second-order valence-corrected chi connectivity index (χ2v) is 6.38. The molecule has 0 aliphatic carbocycles. The third kappa shape index (κ3) is 3.00. The first-order valence-corrected chi connectivity index (χ1v) is 8.09. The minimum absolute atomic E-state index is 0.187. The second kappa shape index (κ2) is 6.10. The number of aromatic nitrogens is 2. The average molecular weight is 321 g/mol. The molecule has 0 saturated carbocycles. The van der Waals surface area contributed by atoms with Gasteiger partial charge in [-0.3, -0.25) is 4.79 Å². The van der Waals surface area contributed by atoms with Crippen molar-refractivity contribution >= 4 is 17.7 Å². The van der Waals surface area contributed by atoms with Gasteiger partial charge in [0.25, 0.3) is 5.91 Å². The number of benzene rings is 1. The van der Waals surface area contributed by atoms with Crippen molar-refractivity contribution < 1.29 is 14.3 Å². The first-order valence-electron chi connectivity index (χ1n) is 6.94. The van der Waals surface area contributed by atoms with Crippen LogP contribution < -0.4 is 5.32 Å². The zero-order valence-corrected chi connectivity index (χ0v) is 12.6. The van der Waals surface area contributed by atoms with Crippen LogP contribution in [0.4, 0.5) is 4.39 Å². The molecule has 2 heterocycles. The van der Waals surface area contributed by atoms with Crippen molar-refractivity contribution in [3.63, 3.8) is 0 Å². The van der Waals surface area contributed by atoms with Crippen LogP contribution in [0.25, 0.3) is 5.69 Å². The van der Waals surface area contributed by atoms with E-state index in [1.165, 1.54) is 12.4 Å². The number of carbonyl (C=O) groups excluding carboxylic acids is 1. The maximum absolute atomic E-state index is 14.1.